The molecule has 0 saturated carbocycles. The van der Waals surface area contributed by atoms with Crippen molar-refractivity contribution in [2.24, 2.45) is 11.5 Å². The predicted octanol–water partition coefficient (Wildman–Crippen LogP) is 4.04. The van der Waals surface area contributed by atoms with E-state index in [-0.39, 0.29) is 0 Å². The Labute approximate surface area is 161 Å². The van der Waals surface area contributed by atoms with Crippen LogP contribution in [0.25, 0.3) is 22.5 Å². The Morgan fingerprint density at radius 2 is 2.11 bits per heavy atom. The highest BCUT2D eigenvalue weighted by Crippen LogP contribution is 2.23. The third-order valence-electron chi connectivity index (χ3n) is 4.43. The van der Waals surface area contributed by atoms with E-state index in [1.54, 1.807) is 0 Å². The van der Waals surface area contributed by atoms with Crippen molar-refractivity contribution < 1.29 is 0 Å². The molecule has 1 unspecified atom stereocenters. The Kier molecular flexibility index (Phi) is 7.46. The predicted molar refractivity (Wildman–Crippen MR) is 115 cm³/mol. The SMILES string of the molecule is C=C(C=N)c1ccn2c(-c3cccc(C)c3)cnc2c1.CCC(N)CCN. The number of nitrogens with two attached hydrogens (primary N) is 2. The van der Waals surface area contributed by atoms with Crippen molar-refractivity contribution in [1.82, 2.24) is 9.38 Å². The molecule has 0 bridgehead atoms. The average Bonchev–Trinajstić information content (AvgIpc) is 3.11. The Morgan fingerprint density at radius 1 is 1.33 bits per heavy atom. The molecule has 0 aliphatic carbocycles. The van der Waals surface area contributed by atoms with Crippen LogP contribution < -0.4 is 11.5 Å². The standard InChI is InChI=1S/C17H15N3.C5H14N2/c1-12-4-3-5-15(8-12)16-11-19-17-9-14(13(2)10-18)6-7-20(16)17;1-2-5(7)3-4-6/h3-11,18H,2H2,1H3;5H,2-4,6-7H2,1H3. The monoisotopic (exact) mass is 363 g/mol. The molecule has 0 aliphatic rings. The third-order valence-corrected chi connectivity index (χ3v) is 4.43. The van der Waals surface area contributed by atoms with Crippen LogP contribution >= 0.6 is 0 Å². The van der Waals surface area contributed by atoms with Crippen LogP contribution in [0.1, 0.15) is 30.9 Å². The lowest BCUT2D eigenvalue weighted by Gasteiger charge is -2.05. The Morgan fingerprint density at radius 3 is 2.70 bits per heavy atom. The number of fused-ring (bicyclic) bond motifs is 1. The van der Waals surface area contributed by atoms with Gasteiger partial charge in [-0.25, -0.2) is 4.98 Å². The molecular weight excluding hydrogens is 334 g/mol. The summed E-state index contributed by atoms with van der Waals surface area (Å²) >= 11 is 0. The number of rotatable bonds is 6. The minimum Gasteiger partial charge on any atom is -0.330 e. The summed E-state index contributed by atoms with van der Waals surface area (Å²) in [6, 6.07) is 12.6. The van der Waals surface area contributed by atoms with Crippen molar-refractivity contribution in [3.05, 3.63) is 66.5 Å². The van der Waals surface area contributed by atoms with E-state index in [9.17, 15) is 0 Å². The molecule has 0 fully saturated rings. The summed E-state index contributed by atoms with van der Waals surface area (Å²) in [5.74, 6) is 0. The summed E-state index contributed by atoms with van der Waals surface area (Å²) in [4.78, 5) is 4.45. The molecule has 3 aromatic rings. The lowest BCUT2D eigenvalue weighted by Crippen LogP contribution is -2.22. The molecule has 142 valence electrons. The molecule has 0 amide bonds. The number of imidazole rings is 1. The van der Waals surface area contributed by atoms with E-state index in [1.807, 2.05) is 24.5 Å². The van der Waals surface area contributed by atoms with E-state index in [4.69, 9.17) is 16.9 Å². The van der Waals surface area contributed by atoms with E-state index in [0.29, 0.717) is 11.6 Å². The number of hydrogen-bond acceptors (Lipinski definition) is 4. The van der Waals surface area contributed by atoms with Crippen molar-refractivity contribution in [3.8, 4) is 11.3 Å². The highest BCUT2D eigenvalue weighted by atomic mass is 15.0. The van der Waals surface area contributed by atoms with Gasteiger partial charge in [-0.3, -0.25) is 4.40 Å². The average molecular weight is 364 g/mol. The maximum absolute atomic E-state index is 7.27. The molecule has 0 saturated heterocycles. The molecule has 2 aromatic heterocycles. The summed E-state index contributed by atoms with van der Waals surface area (Å²) in [6.45, 7) is 8.72. The zero-order chi connectivity index (χ0) is 19.8. The number of nitrogens with one attached hydrogen (secondary N) is 1. The van der Waals surface area contributed by atoms with Crippen molar-refractivity contribution in [2.45, 2.75) is 32.7 Å². The Hall–Kier alpha value is -2.76. The first-order valence-corrected chi connectivity index (χ1v) is 9.19. The quantitative estimate of drug-likeness (QED) is 0.577. The summed E-state index contributed by atoms with van der Waals surface area (Å²) in [7, 11) is 0. The molecule has 1 atom stereocenters. The second kappa shape index (κ2) is 9.80. The van der Waals surface area contributed by atoms with Gasteiger partial charge in [0.05, 0.1) is 11.9 Å². The first-order valence-electron chi connectivity index (χ1n) is 9.19. The number of allylic oxidation sites excluding steroid dienone is 1. The van der Waals surface area contributed by atoms with E-state index in [0.717, 1.165) is 41.9 Å². The fourth-order valence-corrected chi connectivity index (χ4v) is 2.70. The van der Waals surface area contributed by atoms with Crippen molar-refractivity contribution >= 4 is 17.4 Å². The van der Waals surface area contributed by atoms with Crippen molar-refractivity contribution in [2.75, 3.05) is 6.54 Å². The van der Waals surface area contributed by atoms with Crippen molar-refractivity contribution in [3.63, 3.8) is 0 Å². The molecule has 27 heavy (non-hydrogen) atoms. The highest BCUT2D eigenvalue weighted by molar-refractivity contribution is 6.07. The van der Waals surface area contributed by atoms with Crippen LogP contribution in [0.3, 0.4) is 0 Å². The van der Waals surface area contributed by atoms with Crippen molar-refractivity contribution in [1.29, 1.82) is 5.41 Å². The fourth-order valence-electron chi connectivity index (χ4n) is 2.70. The second-order valence-electron chi connectivity index (χ2n) is 6.57. The number of aromatic nitrogens is 2. The van der Waals surface area contributed by atoms with E-state index in [2.05, 4.69) is 54.1 Å². The van der Waals surface area contributed by atoms with Crippen LogP contribution in [0.15, 0.2) is 55.4 Å². The van der Waals surface area contributed by atoms with E-state index < -0.39 is 0 Å². The number of hydrogen-bond donors (Lipinski definition) is 3. The Bertz CT molecular complexity index is 910. The van der Waals surface area contributed by atoms with Gasteiger partial charge < -0.3 is 16.9 Å². The maximum atomic E-state index is 7.27. The van der Waals surface area contributed by atoms with Gasteiger partial charge in [0.1, 0.15) is 5.65 Å². The zero-order valence-electron chi connectivity index (χ0n) is 16.2. The topological polar surface area (TPSA) is 93.2 Å². The van der Waals surface area contributed by atoms with Crippen LogP contribution in [0.2, 0.25) is 0 Å². The second-order valence-corrected chi connectivity index (χ2v) is 6.57. The fraction of sp³-hybridized carbons (Fsp3) is 0.273. The number of nitrogens with zero attached hydrogens (tertiary/aromatic N) is 2. The van der Waals surface area contributed by atoms with Gasteiger partial charge in [-0.2, -0.15) is 0 Å². The number of pyridine rings is 1. The maximum Gasteiger partial charge on any atom is 0.137 e. The number of aryl methyl sites for hydroxylation is 1. The van der Waals surface area contributed by atoms with Crippen LogP contribution in [0, 0.1) is 12.3 Å². The largest absolute Gasteiger partial charge is 0.330 e. The van der Waals surface area contributed by atoms with Gasteiger partial charge in [0.2, 0.25) is 0 Å². The molecule has 0 spiro atoms. The van der Waals surface area contributed by atoms with Crippen LogP contribution in [-0.4, -0.2) is 28.2 Å². The third kappa shape index (κ3) is 5.36. The summed E-state index contributed by atoms with van der Waals surface area (Å²) in [5.41, 5.74) is 16.6. The van der Waals surface area contributed by atoms with Gasteiger partial charge in [0.15, 0.2) is 0 Å². The summed E-state index contributed by atoms with van der Waals surface area (Å²) in [6.07, 6.45) is 7.11. The molecule has 5 nitrogen and oxygen atoms in total. The smallest absolute Gasteiger partial charge is 0.137 e. The van der Waals surface area contributed by atoms with Gasteiger partial charge in [-0.1, -0.05) is 37.3 Å². The number of benzene rings is 1. The molecule has 5 heteroatoms. The van der Waals surface area contributed by atoms with Gasteiger partial charge >= 0.3 is 0 Å². The van der Waals surface area contributed by atoms with Gasteiger partial charge in [-0.15, -0.1) is 0 Å². The van der Waals surface area contributed by atoms with Gasteiger partial charge in [0, 0.05) is 24.0 Å². The minimum atomic E-state index is 0.324. The molecule has 5 N–H and O–H groups in total. The first-order chi connectivity index (χ1) is 13.0. The first kappa shape index (κ1) is 20.6. The van der Waals surface area contributed by atoms with E-state index in [1.165, 1.54) is 11.8 Å². The zero-order valence-corrected chi connectivity index (χ0v) is 16.2. The van der Waals surface area contributed by atoms with Crippen LogP contribution in [0.4, 0.5) is 0 Å². The molecule has 2 heterocycles. The summed E-state index contributed by atoms with van der Waals surface area (Å²) < 4.78 is 2.05. The molecule has 3 rings (SSSR count). The van der Waals surface area contributed by atoms with E-state index >= 15 is 0 Å². The highest BCUT2D eigenvalue weighted by Gasteiger charge is 2.07. The van der Waals surface area contributed by atoms with Crippen LogP contribution in [-0.2, 0) is 0 Å². The lowest BCUT2D eigenvalue weighted by molar-refractivity contribution is 0.604. The minimum absolute atomic E-state index is 0.324. The van der Waals surface area contributed by atoms with Gasteiger partial charge in [0.25, 0.3) is 0 Å². The Balaban J connectivity index is 0.000000321. The molecule has 1 aromatic carbocycles. The lowest BCUT2D eigenvalue weighted by atomic mass is 10.1. The van der Waals surface area contributed by atoms with Gasteiger partial charge in [-0.05, 0) is 55.6 Å². The molecule has 0 radical (unpaired) electrons. The normalized spacial score (nSPS) is 11.6. The van der Waals surface area contributed by atoms with Crippen LogP contribution in [0.5, 0.6) is 0 Å². The molecular formula is C22H29N5. The molecule has 0 aliphatic heterocycles. The summed E-state index contributed by atoms with van der Waals surface area (Å²) in [5, 5.41) is 7.27.